The Morgan fingerprint density at radius 3 is 2.59 bits per heavy atom. The van der Waals surface area contributed by atoms with Gasteiger partial charge in [0.15, 0.2) is 0 Å². The Kier molecular flexibility index (Phi) is 4.36. The van der Waals surface area contributed by atoms with E-state index in [1.807, 2.05) is 23.4 Å². The van der Waals surface area contributed by atoms with Crippen LogP contribution >= 0.6 is 0 Å². The third kappa shape index (κ3) is 2.96. The second-order valence-corrected chi connectivity index (χ2v) is 6.31. The number of hydrogen-bond acceptors (Lipinski definition) is 2. The van der Waals surface area contributed by atoms with Crippen LogP contribution < -0.4 is 5.73 Å². The van der Waals surface area contributed by atoms with E-state index in [1.54, 1.807) is 4.90 Å². The Hall–Kier alpha value is -1.98. The van der Waals surface area contributed by atoms with Crippen molar-refractivity contribution in [1.82, 2.24) is 14.8 Å². The fraction of sp³-hybridized carbons (Fsp3) is 0.625. The lowest BCUT2D eigenvalue weighted by atomic mass is 9.88. The van der Waals surface area contributed by atoms with Crippen LogP contribution in [0.5, 0.6) is 0 Å². The number of primary amides is 1. The van der Waals surface area contributed by atoms with Crippen molar-refractivity contribution >= 4 is 11.9 Å². The molecule has 2 heterocycles. The number of piperazine rings is 1. The van der Waals surface area contributed by atoms with Crippen LogP contribution in [0.15, 0.2) is 18.5 Å². The molecule has 6 nitrogen and oxygen atoms in total. The largest absolute Gasteiger partial charge is 0.367 e. The molecule has 0 radical (unpaired) electrons. The molecule has 3 rings (SSSR count). The van der Waals surface area contributed by atoms with Gasteiger partial charge in [0.25, 0.3) is 0 Å². The lowest BCUT2D eigenvalue weighted by molar-refractivity contribution is -0.139. The summed E-state index contributed by atoms with van der Waals surface area (Å²) in [4.78, 5) is 31.0. The number of aromatic nitrogens is 1. The fourth-order valence-corrected chi connectivity index (χ4v) is 3.68. The smallest absolute Gasteiger partial charge is 0.315 e. The first-order chi connectivity index (χ1) is 10.7. The van der Waals surface area contributed by atoms with Gasteiger partial charge in [-0.25, -0.2) is 4.79 Å². The van der Waals surface area contributed by atoms with Crippen molar-refractivity contribution in [3.05, 3.63) is 24.0 Å². The highest BCUT2D eigenvalue weighted by atomic mass is 16.2. The van der Waals surface area contributed by atoms with Gasteiger partial charge in [-0.1, -0.05) is 19.3 Å². The maximum atomic E-state index is 12.7. The van der Waals surface area contributed by atoms with E-state index >= 15 is 0 Å². The lowest BCUT2D eigenvalue weighted by Crippen LogP contribution is -2.54. The summed E-state index contributed by atoms with van der Waals surface area (Å²) in [5, 5.41) is 0. The number of hydrogen-bond donors (Lipinski definition) is 2. The van der Waals surface area contributed by atoms with Gasteiger partial charge in [0.05, 0.1) is 6.04 Å². The molecule has 6 heteroatoms. The van der Waals surface area contributed by atoms with Gasteiger partial charge in [-0.15, -0.1) is 0 Å². The summed E-state index contributed by atoms with van der Waals surface area (Å²) in [6, 6.07) is 1.37. The van der Waals surface area contributed by atoms with Crippen molar-refractivity contribution in [3.63, 3.8) is 0 Å². The molecule has 2 aliphatic rings. The first-order valence-corrected chi connectivity index (χ1v) is 8.14. The van der Waals surface area contributed by atoms with Gasteiger partial charge < -0.3 is 20.5 Å². The number of rotatable bonds is 2. The molecule has 1 aliphatic heterocycles. The number of nitrogens with zero attached hydrogens (tertiary/aromatic N) is 2. The van der Waals surface area contributed by atoms with Crippen LogP contribution in [-0.4, -0.2) is 46.4 Å². The average Bonchev–Trinajstić information content (AvgIpc) is 3.08. The molecule has 1 saturated heterocycles. The molecular formula is C16H24N4O2. The van der Waals surface area contributed by atoms with E-state index in [1.165, 1.54) is 6.42 Å². The second-order valence-electron chi connectivity index (χ2n) is 6.31. The lowest BCUT2D eigenvalue weighted by Gasteiger charge is -2.41. The molecule has 2 fully saturated rings. The number of nitrogens with one attached hydrogen (secondary N) is 1. The molecule has 1 aliphatic carbocycles. The van der Waals surface area contributed by atoms with Crippen molar-refractivity contribution < 1.29 is 9.59 Å². The van der Waals surface area contributed by atoms with Crippen LogP contribution in [-0.2, 0) is 4.79 Å². The summed E-state index contributed by atoms with van der Waals surface area (Å²) in [5.74, 6) is 0.421. The summed E-state index contributed by atoms with van der Waals surface area (Å²) in [5.41, 5.74) is 6.50. The summed E-state index contributed by atoms with van der Waals surface area (Å²) in [6.07, 6.45) is 9.25. The molecule has 0 bridgehead atoms. The number of carbonyl (C=O) groups excluding carboxylic acids is 2. The van der Waals surface area contributed by atoms with Crippen LogP contribution in [0.2, 0.25) is 0 Å². The first-order valence-electron chi connectivity index (χ1n) is 8.14. The van der Waals surface area contributed by atoms with Crippen LogP contribution in [0.1, 0.15) is 43.7 Å². The monoisotopic (exact) mass is 304 g/mol. The molecule has 0 aromatic carbocycles. The van der Waals surface area contributed by atoms with Gasteiger partial charge in [0, 0.05) is 37.9 Å². The van der Waals surface area contributed by atoms with E-state index in [9.17, 15) is 9.59 Å². The normalized spacial score (nSPS) is 23.5. The van der Waals surface area contributed by atoms with Gasteiger partial charge in [-0.3, -0.25) is 4.79 Å². The van der Waals surface area contributed by atoms with Crippen LogP contribution in [0, 0.1) is 5.92 Å². The Labute approximate surface area is 130 Å². The molecule has 1 aromatic heterocycles. The van der Waals surface area contributed by atoms with E-state index in [4.69, 9.17) is 5.73 Å². The average molecular weight is 304 g/mol. The molecule has 1 atom stereocenters. The molecular weight excluding hydrogens is 280 g/mol. The molecule has 3 N–H and O–H groups in total. The van der Waals surface area contributed by atoms with Gasteiger partial charge in [-0.2, -0.15) is 0 Å². The summed E-state index contributed by atoms with van der Waals surface area (Å²) in [6.45, 7) is 1.62. The van der Waals surface area contributed by atoms with Gasteiger partial charge >= 0.3 is 6.03 Å². The van der Waals surface area contributed by atoms with Crippen LogP contribution in [0.3, 0.4) is 0 Å². The molecule has 22 heavy (non-hydrogen) atoms. The zero-order valence-corrected chi connectivity index (χ0v) is 12.8. The number of aromatic amines is 1. The Balaban J connectivity index is 1.73. The van der Waals surface area contributed by atoms with Gasteiger partial charge in [0.1, 0.15) is 0 Å². The predicted molar refractivity (Wildman–Crippen MR) is 83.0 cm³/mol. The molecule has 0 spiro atoms. The molecule has 3 amide bonds. The highest BCUT2D eigenvalue weighted by Gasteiger charge is 2.35. The number of amides is 3. The molecule has 1 aromatic rings. The summed E-state index contributed by atoms with van der Waals surface area (Å²) in [7, 11) is 0. The van der Waals surface area contributed by atoms with Crippen molar-refractivity contribution in [2.24, 2.45) is 11.7 Å². The van der Waals surface area contributed by atoms with E-state index in [0.717, 1.165) is 31.2 Å². The second kappa shape index (κ2) is 6.42. The van der Waals surface area contributed by atoms with E-state index in [2.05, 4.69) is 4.98 Å². The summed E-state index contributed by atoms with van der Waals surface area (Å²) >= 11 is 0. The molecule has 1 unspecified atom stereocenters. The topological polar surface area (TPSA) is 82.4 Å². The quantitative estimate of drug-likeness (QED) is 0.874. The van der Waals surface area contributed by atoms with Crippen molar-refractivity contribution in [2.75, 3.05) is 19.6 Å². The Bertz CT molecular complexity index is 522. The Morgan fingerprint density at radius 2 is 1.95 bits per heavy atom. The number of urea groups is 1. The van der Waals surface area contributed by atoms with Gasteiger partial charge in [0.2, 0.25) is 5.91 Å². The minimum Gasteiger partial charge on any atom is -0.367 e. The third-order valence-corrected chi connectivity index (χ3v) is 4.94. The molecule has 120 valence electrons. The van der Waals surface area contributed by atoms with Crippen molar-refractivity contribution in [1.29, 1.82) is 0 Å². The Morgan fingerprint density at radius 1 is 1.18 bits per heavy atom. The van der Waals surface area contributed by atoms with E-state index in [-0.39, 0.29) is 17.9 Å². The number of carbonyl (C=O) groups is 2. The van der Waals surface area contributed by atoms with Gasteiger partial charge in [-0.05, 0) is 24.5 Å². The van der Waals surface area contributed by atoms with E-state index < -0.39 is 6.03 Å². The SMILES string of the molecule is NC(=O)N1CCN(C(=O)C2CCCCC2)CC1c1cc[nH]c1. The van der Waals surface area contributed by atoms with Crippen LogP contribution in [0.25, 0.3) is 0 Å². The minimum atomic E-state index is -0.420. The predicted octanol–water partition coefficient (Wildman–Crippen LogP) is 1.86. The van der Waals surface area contributed by atoms with E-state index in [0.29, 0.717) is 19.6 Å². The maximum absolute atomic E-state index is 12.7. The van der Waals surface area contributed by atoms with Crippen molar-refractivity contribution in [2.45, 2.75) is 38.1 Å². The van der Waals surface area contributed by atoms with Crippen LogP contribution in [0.4, 0.5) is 4.79 Å². The fourth-order valence-electron chi connectivity index (χ4n) is 3.68. The number of nitrogens with two attached hydrogens (primary N) is 1. The summed E-state index contributed by atoms with van der Waals surface area (Å²) < 4.78 is 0. The zero-order chi connectivity index (χ0) is 15.5. The minimum absolute atomic E-state index is 0.148. The van der Waals surface area contributed by atoms with Crippen molar-refractivity contribution in [3.8, 4) is 0 Å². The third-order valence-electron chi connectivity index (χ3n) is 4.94. The zero-order valence-electron chi connectivity index (χ0n) is 12.8. The standard InChI is InChI=1S/C16H24N4O2/c17-16(22)20-9-8-19(11-14(20)13-6-7-18-10-13)15(21)12-4-2-1-3-5-12/h6-7,10,12,14,18H,1-5,8-9,11H2,(H2,17,22). The highest BCUT2D eigenvalue weighted by molar-refractivity contribution is 5.80. The maximum Gasteiger partial charge on any atom is 0.315 e. The molecule has 1 saturated carbocycles. The first kappa shape index (κ1) is 14.9. The number of H-pyrrole nitrogens is 1. The highest BCUT2D eigenvalue weighted by Crippen LogP contribution is 2.29.